The zero-order chi connectivity index (χ0) is 6.41. The standard InChI is InChI=1S/C7H14S/c1-3-7(2)5-4-6-8/h4-5,7-8H,3,6H2,1-2H3/t7-/m1/s1. The summed E-state index contributed by atoms with van der Waals surface area (Å²) in [5.41, 5.74) is 0. The van der Waals surface area contributed by atoms with E-state index >= 15 is 0 Å². The van der Waals surface area contributed by atoms with E-state index in [2.05, 4.69) is 38.6 Å². The molecule has 0 aromatic carbocycles. The summed E-state index contributed by atoms with van der Waals surface area (Å²) in [4.78, 5) is 0. The smallest absolute Gasteiger partial charge is 0.00826 e. The molecule has 0 radical (unpaired) electrons. The lowest BCUT2D eigenvalue weighted by Gasteiger charge is -1.96. The highest BCUT2D eigenvalue weighted by atomic mass is 32.1. The van der Waals surface area contributed by atoms with E-state index in [1.807, 2.05) is 0 Å². The van der Waals surface area contributed by atoms with Gasteiger partial charge in [0.05, 0.1) is 0 Å². The van der Waals surface area contributed by atoms with Gasteiger partial charge in [0, 0.05) is 5.75 Å². The summed E-state index contributed by atoms with van der Waals surface area (Å²) in [5, 5.41) is 0. The summed E-state index contributed by atoms with van der Waals surface area (Å²) in [6.45, 7) is 4.40. The molecule has 8 heavy (non-hydrogen) atoms. The third-order valence-electron chi connectivity index (χ3n) is 1.21. The Morgan fingerprint density at radius 2 is 2.25 bits per heavy atom. The first kappa shape index (κ1) is 8.09. The Morgan fingerprint density at radius 1 is 1.62 bits per heavy atom. The van der Waals surface area contributed by atoms with Crippen LogP contribution in [0.4, 0.5) is 0 Å². The van der Waals surface area contributed by atoms with Gasteiger partial charge in [-0.2, -0.15) is 12.6 Å². The van der Waals surface area contributed by atoms with E-state index in [0.29, 0.717) is 0 Å². The van der Waals surface area contributed by atoms with Crippen molar-refractivity contribution in [1.29, 1.82) is 0 Å². The lowest BCUT2D eigenvalue weighted by Crippen LogP contribution is -1.83. The van der Waals surface area contributed by atoms with Crippen molar-refractivity contribution >= 4 is 12.6 Å². The molecule has 0 unspecified atom stereocenters. The van der Waals surface area contributed by atoms with Crippen molar-refractivity contribution < 1.29 is 0 Å². The van der Waals surface area contributed by atoms with Crippen LogP contribution in [0.15, 0.2) is 12.2 Å². The average molecular weight is 130 g/mol. The molecule has 0 spiro atoms. The molecule has 0 aliphatic rings. The van der Waals surface area contributed by atoms with E-state index in [9.17, 15) is 0 Å². The molecule has 0 heterocycles. The Bertz CT molecular complexity index is 66.8. The number of rotatable bonds is 3. The summed E-state index contributed by atoms with van der Waals surface area (Å²) in [5.74, 6) is 1.59. The van der Waals surface area contributed by atoms with Gasteiger partial charge in [-0.05, 0) is 5.92 Å². The van der Waals surface area contributed by atoms with Crippen LogP contribution in [-0.4, -0.2) is 5.75 Å². The van der Waals surface area contributed by atoms with Crippen LogP contribution < -0.4 is 0 Å². The van der Waals surface area contributed by atoms with E-state index in [0.717, 1.165) is 11.7 Å². The minimum Gasteiger partial charge on any atom is -0.175 e. The molecule has 1 atom stereocenters. The SMILES string of the molecule is CC[C@@H](C)C=CCS. The summed E-state index contributed by atoms with van der Waals surface area (Å²) in [6, 6.07) is 0. The fraction of sp³-hybridized carbons (Fsp3) is 0.714. The molecule has 0 saturated carbocycles. The fourth-order valence-electron chi connectivity index (χ4n) is 0.429. The Morgan fingerprint density at radius 3 is 2.62 bits per heavy atom. The van der Waals surface area contributed by atoms with Gasteiger partial charge in [0.15, 0.2) is 0 Å². The molecule has 0 fully saturated rings. The second-order valence-corrected chi connectivity index (χ2v) is 2.36. The molecule has 0 N–H and O–H groups in total. The predicted molar refractivity (Wildman–Crippen MR) is 42.4 cm³/mol. The average Bonchev–Trinajstić information content (AvgIpc) is 1.83. The molecule has 0 amide bonds. The van der Waals surface area contributed by atoms with Crippen molar-refractivity contribution in [2.75, 3.05) is 5.75 Å². The topological polar surface area (TPSA) is 0 Å². The summed E-state index contributed by atoms with van der Waals surface area (Å²) in [7, 11) is 0. The van der Waals surface area contributed by atoms with Gasteiger partial charge >= 0.3 is 0 Å². The van der Waals surface area contributed by atoms with Gasteiger partial charge in [0.2, 0.25) is 0 Å². The molecule has 0 aromatic rings. The van der Waals surface area contributed by atoms with E-state index in [1.54, 1.807) is 0 Å². The van der Waals surface area contributed by atoms with Crippen molar-refractivity contribution in [3.8, 4) is 0 Å². The molecular formula is C7H14S. The maximum absolute atomic E-state index is 4.05. The van der Waals surface area contributed by atoms with Crippen LogP contribution in [0.3, 0.4) is 0 Å². The minimum atomic E-state index is 0.724. The largest absolute Gasteiger partial charge is 0.175 e. The van der Waals surface area contributed by atoms with Crippen molar-refractivity contribution in [2.45, 2.75) is 20.3 Å². The molecule has 1 heteroatoms. The molecule has 48 valence electrons. The summed E-state index contributed by atoms with van der Waals surface area (Å²) >= 11 is 4.05. The first-order chi connectivity index (χ1) is 3.81. The van der Waals surface area contributed by atoms with Gasteiger partial charge in [0.25, 0.3) is 0 Å². The van der Waals surface area contributed by atoms with Crippen molar-refractivity contribution in [2.24, 2.45) is 5.92 Å². The summed E-state index contributed by atoms with van der Waals surface area (Å²) in [6.07, 6.45) is 5.52. The quantitative estimate of drug-likeness (QED) is 0.440. The third-order valence-corrected chi connectivity index (χ3v) is 1.42. The van der Waals surface area contributed by atoms with Gasteiger partial charge in [-0.1, -0.05) is 32.4 Å². The van der Waals surface area contributed by atoms with Gasteiger partial charge in [-0.3, -0.25) is 0 Å². The van der Waals surface area contributed by atoms with Gasteiger partial charge in [0.1, 0.15) is 0 Å². The summed E-state index contributed by atoms with van der Waals surface area (Å²) < 4.78 is 0. The first-order valence-electron chi connectivity index (χ1n) is 3.08. The Kier molecular flexibility index (Phi) is 5.29. The van der Waals surface area contributed by atoms with Crippen LogP contribution in [-0.2, 0) is 0 Å². The highest BCUT2D eigenvalue weighted by molar-refractivity contribution is 7.80. The zero-order valence-electron chi connectivity index (χ0n) is 5.59. The van der Waals surface area contributed by atoms with Gasteiger partial charge in [-0.15, -0.1) is 0 Å². The molecule has 0 aromatic heterocycles. The van der Waals surface area contributed by atoms with E-state index in [4.69, 9.17) is 0 Å². The van der Waals surface area contributed by atoms with Crippen LogP contribution in [0, 0.1) is 5.92 Å². The first-order valence-corrected chi connectivity index (χ1v) is 3.72. The Labute approximate surface area is 57.4 Å². The van der Waals surface area contributed by atoms with Crippen LogP contribution in [0.5, 0.6) is 0 Å². The number of thiol groups is 1. The normalized spacial score (nSPS) is 14.9. The number of allylic oxidation sites excluding steroid dienone is 1. The third kappa shape index (κ3) is 4.25. The second kappa shape index (κ2) is 5.23. The monoisotopic (exact) mass is 130 g/mol. The molecule has 0 nitrogen and oxygen atoms in total. The maximum atomic E-state index is 4.05. The lowest BCUT2D eigenvalue weighted by atomic mass is 10.1. The van der Waals surface area contributed by atoms with Crippen molar-refractivity contribution in [3.63, 3.8) is 0 Å². The van der Waals surface area contributed by atoms with E-state index < -0.39 is 0 Å². The van der Waals surface area contributed by atoms with Crippen LogP contribution in [0.25, 0.3) is 0 Å². The highest BCUT2D eigenvalue weighted by Crippen LogP contribution is 2.01. The minimum absolute atomic E-state index is 0.724. The maximum Gasteiger partial charge on any atom is 0.00826 e. The van der Waals surface area contributed by atoms with E-state index in [-0.39, 0.29) is 0 Å². The number of hydrogen-bond donors (Lipinski definition) is 1. The van der Waals surface area contributed by atoms with Gasteiger partial charge < -0.3 is 0 Å². The zero-order valence-corrected chi connectivity index (χ0v) is 6.49. The van der Waals surface area contributed by atoms with Crippen LogP contribution in [0.1, 0.15) is 20.3 Å². The highest BCUT2D eigenvalue weighted by Gasteiger charge is 1.87. The van der Waals surface area contributed by atoms with Crippen molar-refractivity contribution in [3.05, 3.63) is 12.2 Å². The molecular weight excluding hydrogens is 116 g/mol. The van der Waals surface area contributed by atoms with Crippen LogP contribution >= 0.6 is 12.6 Å². The van der Waals surface area contributed by atoms with Crippen LogP contribution in [0.2, 0.25) is 0 Å². The molecule has 0 rings (SSSR count). The van der Waals surface area contributed by atoms with Crippen molar-refractivity contribution in [1.82, 2.24) is 0 Å². The van der Waals surface area contributed by atoms with Gasteiger partial charge in [-0.25, -0.2) is 0 Å². The fourth-order valence-corrected chi connectivity index (χ4v) is 0.551. The molecule has 0 saturated heterocycles. The van der Waals surface area contributed by atoms with E-state index in [1.165, 1.54) is 6.42 Å². The molecule has 0 aliphatic heterocycles. The number of hydrogen-bond acceptors (Lipinski definition) is 1. The molecule has 0 bridgehead atoms. The Balaban J connectivity index is 3.21. The second-order valence-electron chi connectivity index (χ2n) is 2.00. The Hall–Kier alpha value is 0.0900. The predicted octanol–water partition coefficient (Wildman–Crippen LogP) is 2.52. The lowest BCUT2D eigenvalue weighted by molar-refractivity contribution is 0.697. The molecule has 0 aliphatic carbocycles.